The Morgan fingerprint density at radius 1 is 1.50 bits per heavy atom. The van der Waals surface area contributed by atoms with E-state index >= 15 is 0 Å². The molecule has 3 amide bonds. The molecular formula is C13H18N3O3S+. The highest BCUT2D eigenvalue weighted by Gasteiger charge is 2.46. The maximum atomic E-state index is 12.3. The number of hydrogen-bond acceptors (Lipinski definition) is 5. The molecule has 0 fully saturated rings. The van der Waals surface area contributed by atoms with E-state index in [9.17, 15) is 9.59 Å². The van der Waals surface area contributed by atoms with Gasteiger partial charge in [-0.3, -0.25) is 4.79 Å². The summed E-state index contributed by atoms with van der Waals surface area (Å²) >= 11 is 1.57. The summed E-state index contributed by atoms with van der Waals surface area (Å²) in [6, 6.07) is -0.348. The van der Waals surface area contributed by atoms with Crippen molar-refractivity contribution in [1.29, 1.82) is 0 Å². The SMILES string of the molecule is CCOCCSC1=CC=NC2=[N+](C)C(=O)N(C)C(=O)C12. The molecule has 108 valence electrons. The van der Waals surface area contributed by atoms with Crippen LogP contribution in [0.4, 0.5) is 4.79 Å². The van der Waals surface area contributed by atoms with Crippen molar-refractivity contribution >= 4 is 35.8 Å². The van der Waals surface area contributed by atoms with Gasteiger partial charge in [-0.05, 0) is 13.0 Å². The molecule has 0 aromatic carbocycles. The first-order chi connectivity index (χ1) is 9.57. The van der Waals surface area contributed by atoms with Crippen molar-refractivity contribution < 1.29 is 18.9 Å². The number of carbonyl (C=O) groups excluding carboxylic acids is 2. The van der Waals surface area contributed by atoms with E-state index in [1.807, 2.05) is 13.0 Å². The average Bonchev–Trinajstić information content (AvgIpc) is 2.47. The fourth-order valence-corrected chi connectivity index (χ4v) is 3.07. The second kappa shape index (κ2) is 6.32. The topological polar surface area (TPSA) is 62.0 Å². The molecule has 0 aromatic rings. The van der Waals surface area contributed by atoms with E-state index in [-0.39, 0.29) is 11.9 Å². The van der Waals surface area contributed by atoms with Crippen LogP contribution in [0.25, 0.3) is 0 Å². The minimum atomic E-state index is -0.473. The Morgan fingerprint density at radius 3 is 2.95 bits per heavy atom. The fraction of sp³-hybridized carbons (Fsp3) is 0.538. The van der Waals surface area contributed by atoms with Gasteiger partial charge in [-0.15, -0.1) is 16.8 Å². The molecule has 20 heavy (non-hydrogen) atoms. The van der Waals surface area contributed by atoms with Gasteiger partial charge in [-0.2, -0.15) is 9.48 Å². The molecule has 6 nitrogen and oxygen atoms in total. The number of hydrogen-bond donors (Lipinski definition) is 0. The summed E-state index contributed by atoms with van der Waals surface area (Å²) in [5.74, 6) is 0.570. The second-order valence-corrected chi connectivity index (χ2v) is 5.59. The highest BCUT2D eigenvalue weighted by molar-refractivity contribution is 8.03. The second-order valence-electron chi connectivity index (χ2n) is 4.42. The summed E-state index contributed by atoms with van der Waals surface area (Å²) < 4.78 is 6.73. The number of imide groups is 1. The van der Waals surface area contributed by atoms with E-state index in [1.165, 1.54) is 11.6 Å². The molecule has 0 spiro atoms. The highest BCUT2D eigenvalue weighted by Crippen LogP contribution is 2.31. The Balaban J connectivity index is 2.20. The molecule has 0 N–H and O–H groups in total. The molecule has 2 aliphatic heterocycles. The number of allylic oxidation sites excluding steroid dienone is 1. The predicted molar refractivity (Wildman–Crippen MR) is 78.4 cm³/mol. The lowest BCUT2D eigenvalue weighted by Crippen LogP contribution is -2.52. The van der Waals surface area contributed by atoms with Gasteiger partial charge in [0.15, 0.2) is 5.92 Å². The Kier molecular flexibility index (Phi) is 4.72. The van der Waals surface area contributed by atoms with E-state index in [4.69, 9.17) is 4.74 Å². The maximum Gasteiger partial charge on any atom is 0.445 e. The molecule has 0 aliphatic carbocycles. The van der Waals surface area contributed by atoms with E-state index in [0.29, 0.717) is 19.0 Å². The third kappa shape index (κ3) is 2.69. The van der Waals surface area contributed by atoms with Crippen LogP contribution in [0.1, 0.15) is 6.92 Å². The van der Waals surface area contributed by atoms with Gasteiger partial charge in [0.05, 0.1) is 20.7 Å². The van der Waals surface area contributed by atoms with E-state index in [2.05, 4.69) is 4.99 Å². The third-order valence-electron chi connectivity index (χ3n) is 3.18. The number of amidine groups is 1. The van der Waals surface area contributed by atoms with Crippen LogP contribution < -0.4 is 0 Å². The predicted octanol–water partition coefficient (Wildman–Crippen LogP) is 0.973. The van der Waals surface area contributed by atoms with Crippen molar-refractivity contribution in [3.05, 3.63) is 11.0 Å². The minimum Gasteiger partial charge on any atom is -0.381 e. The van der Waals surface area contributed by atoms with Crippen molar-refractivity contribution in [1.82, 2.24) is 4.90 Å². The number of nitrogens with zero attached hydrogens (tertiary/aromatic N) is 3. The van der Waals surface area contributed by atoms with Crippen LogP contribution in [-0.4, -0.2) is 66.5 Å². The molecule has 0 aromatic heterocycles. The Hall–Kier alpha value is -1.47. The van der Waals surface area contributed by atoms with Gasteiger partial charge in [0.1, 0.15) is 6.21 Å². The molecule has 0 radical (unpaired) electrons. The number of thioether (sulfide) groups is 1. The van der Waals surface area contributed by atoms with E-state index < -0.39 is 5.92 Å². The zero-order valence-corrected chi connectivity index (χ0v) is 12.6. The van der Waals surface area contributed by atoms with Crippen molar-refractivity contribution in [2.45, 2.75) is 6.92 Å². The van der Waals surface area contributed by atoms with Crippen LogP contribution in [-0.2, 0) is 9.53 Å². The van der Waals surface area contributed by atoms with Gasteiger partial charge in [0, 0.05) is 17.3 Å². The van der Waals surface area contributed by atoms with Gasteiger partial charge in [-0.25, -0.2) is 4.79 Å². The largest absolute Gasteiger partial charge is 0.445 e. The quantitative estimate of drug-likeness (QED) is 0.560. The number of dihydropyridines is 1. The van der Waals surface area contributed by atoms with Crippen LogP contribution in [0.5, 0.6) is 0 Å². The Labute approximate surface area is 122 Å². The maximum absolute atomic E-state index is 12.3. The van der Waals surface area contributed by atoms with Crippen LogP contribution in [0.2, 0.25) is 0 Å². The Bertz CT molecular complexity index is 525. The summed E-state index contributed by atoms with van der Waals surface area (Å²) in [5, 5.41) is 0. The standard InChI is InChI=1S/C13H18N3O3S/c1-4-19-7-8-20-9-5-6-14-11-10(9)12(17)16(3)13(18)15(11)2/h5-6,10H,4,7-8H2,1-3H3/q+1. The lowest BCUT2D eigenvalue weighted by atomic mass is 10.0. The molecule has 0 saturated carbocycles. The number of urea groups is 1. The number of fused-ring (bicyclic) bond motifs is 1. The molecule has 2 heterocycles. The number of ether oxygens (including phenoxy) is 1. The lowest BCUT2D eigenvalue weighted by Gasteiger charge is -2.26. The number of carbonyl (C=O) groups is 2. The van der Waals surface area contributed by atoms with Crippen molar-refractivity contribution in [2.75, 3.05) is 33.1 Å². The van der Waals surface area contributed by atoms with Crippen LogP contribution >= 0.6 is 11.8 Å². The first-order valence-corrected chi connectivity index (χ1v) is 7.43. The van der Waals surface area contributed by atoms with E-state index in [0.717, 1.165) is 15.6 Å². The molecule has 2 rings (SSSR count). The summed E-state index contributed by atoms with van der Waals surface area (Å²) in [6.07, 6.45) is 3.47. The molecule has 1 unspecified atom stereocenters. The molecule has 7 heteroatoms. The van der Waals surface area contributed by atoms with Crippen molar-refractivity contribution in [3.63, 3.8) is 0 Å². The molecule has 0 saturated heterocycles. The average molecular weight is 296 g/mol. The van der Waals surface area contributed by atoms with Crippen molar-refractivity contribution in [2.24, 2.45) is 10.9 Å². The summed E-state index contributed by atoms with van der Waals surface area (Å²) in [6.45, 7) is 3.26. The molecule has 0 bridgehead atoms. The smallest absolute Gasteiger partial charge is 0.381 e. The fourth-order valence-electron chi connectivity index (χ4n) is 2.10. The minimum absolute atomic E-state index is 0.227. The van der Waals surface area contributed by atoms with Crippen molar-refractivity contribution in [3.8, 4) is 0 Å². The Morgan fingerprint density at radius 2 is 2.25 bits per heavy atom. The van der Waals surface area contributed by atoms with Gasteiger partial charge < -0.3 is 4.74 Å². The molecular weight excluding hydrogens is 278 g/mol. The van der Waals surface area contributed by atoms with E-state index in [1.54, 1.807) is 25.0 Å². The van der Waals surface area contributed by atoms with Gasteiger partial charge in [-0.1, -0.05) is 0 Å². The van der Waals surface area contributed by atoms with Gasteiger partial charge in [0.25, 0.3) is 5.84 Å². The normalized spacial score (nSPS) is 22.2. The first-order valence-electron chi connectivity index (χ1n) is 6.44. The van der Waals surface area contributed by atoms with Crippen LogP contribution in [0, 0.1) is 5.92 Å². The summed E-state index contributed by atoms with van der Waals surface area (Å²) in [5.41, 5.74) is 0. The highest BCUT2D eigenvalue weighted by atomic mass is 32.2. The lowest BCUT2D eigenvalue weighted by molar-refractivity contribution is -0.407. The zero-order valence-electron chi connectivity index (χ0n) is 11.8. The molecule has 2 aliphatic rings. The zero-order chi connectivity index (χ0) is 14.7. The first kappa shape index (κ1) is 14.9. The van der Waals surface area contributed by atoms with Crippen LogP contribution in [0.15, 0.2) is 16.0 Å². The summed E-state index contributed by atoms with van der Waals surface area (Å²) in [7, 11) is 3.14. The van der Waals surface area contributed by atoms with Gasteiger partial charge in [0.2, 0.25) is 0 Å². The van der Waals surface area contributed by atoms with Gasteiger partial charge >= 0.3 is 11.9 Å². The third-order valence-corrected chi connectivity index (χ3v) is 4.26. The number of rotatable bonds is 5. The number of aliphatic imine (C=N–C) groups is 1. The number of amides is 3. The summed E-state index contributed by atoms with van der Waals surface area (Å²) in [4.78, 5) is 30.4. The van der Waals surface area contributed by atoms with Crippen LogP contribution in [0.3, 0.4) is 0 Å². The monoisotopic (exact) mass is 296 g/mol. The molecule has 1 atom stereocenters.